The van der Waals surface area contributed by atoms with Crippen LogP contribution < -0.4 is 0 Å². The van der Waals surface area contributed by atoms with Crippen molar-refractivity contribution in [2.24, 2.45) is 11.8 Å². The third kappa shape index (κ3) is 5.03. The van der Waals surface area contributed by atoms with E-state index in [0.717, 1.165) is 12.0 Å². The number of hydrogen-bond acceptors (Lipinski definition) is 3. The molecule has 7 heteroatoms. The quantitative estimate of drug-likeness (QED) is 0.743. The summed E-state index contributed by atoms with van der Waals surface area (Å²) in [7, 11) is -2.01. The van der Waals surface area contributed by atoms with E-state index in [0.29, 0.717) is 37.0 Å². The Kier molecular flexibility index (Phi) is 6.39. The lowest BCUT2D eigenvalue weighted by molar-refractivity contribution is 0.0785. The number of nitrogens with zero attached hydrogens (tertiary/aromatic N) is 2. The van der Waals surface area contributed by atoms with Crippen molar-refractivity contribution in [2.45, 2.75) is 31.7 Å². The lowest BCUT2D eigenvalue weighted by Gasteiger charge is -2.34. The second-order valence-corrected chi connectivity index (χ2v) is 10.0. The smallest absolute Gasteiger partial charge is 0.253 e. The number of piperidine rings is 1. The van der Waals surface area contributed by atoms with Gasteiger partial charge in [0.1, 0.15) is 5.82 Å². The van der Waals surface area contributed by atoms with Gasteiger partial charge in [-0.2, -0.15) is 4.31 Å². The minimum atomic E-state index is -3.65. The molecule has 0 saturated carbocycles. The first kappa shape index (κ1) is 21.5. The molecule has 3 rings (SSSR count). The Balaban J connectivity index is 1.79. The average Bonchev–Trinajstić information content (AvgIpc) is 2.68. The second kappa shape index (κ2) is 8.63. The molecule has 1 saturated heterocycles. The molecule has 0 radical (unpaired) electrons. The number of halogens is 1. The number of sulfonamides is 1. The van der Waals surface area contributed by atoms with E-state index in [9.17, 15) is 17.6 Å². The first-order valence-electron chi connectivity index (χ1n) is 9.77. The molecule has 1 aliphatic rings. The summed E-state index contributed by atoms with van der Waals surface area (Å²) in [6.45, 7) is 5.41. The summed E-state index contributed by atoms with van der Waals surface area (Å²) in [5, 5.41) is 0. The molecule has 1 heterocycles. The van der Waals surface area contributed by atoms with Gasteiger partial charge in [-0.1, -0.05) is 32.0 Å². The molecule has 2 atom stereocenters. The van der Waals surface area contributed by atoms with E-state index in [1.54, 1.807) is 31.3 Å². The predicted octanol–water partition coefficient (Wildman–Crippen LogP) is 3.76. The van der Waals surface area contributed by atoms with Crippen molar-refractivity contribution in [3.05, 3.63) is 65.5 Å². The molecule has 156 valence electrons. The van der Waals surface area contributed by atoms with E-state index < -0.39 is 10.0 Å². The maximum atomic E-state index is 13.1. The Bertz CT molecular complexity index is 966. The van der Waals surface area contributed by atoms with E-state index in [-0.39, 0.29) is 16.6 Å². The monoisotopic (exact) mass is 418 g/mol. The van der Waals surface area contributed by atoms with Gasteiger partial charge in [0.25, 0.3) is 5.91 Å². The standard InChI is InChI=1S/C22H27FN2O3S/c1-16-11-17(2)14-25(13-16)29(27,28)21-6-4-5-19(12-21)22(26)24(3)15-18-7-9-20(23)10-8-18/h4-10,12,16-17H,11,13-15H2,1-3H3/t16-,17+. The molecule has 2 aromatic carbocycles. The molecule has 1 amide bonds. The molecule has 2 aromatic rings. The van der Waals surface area contributed by atoms with Gasteiger partial charge in [0, 0.05) is 32.2 Å². The van der Waals surface area contributed by atoms with Crippen LogP contribution in [0.15, 0.2) is 53.4 Å². The van der Waals surface area contributed by atoms with Crippen LogP contribution in [0, 0.1) is 17.7 Å². The minimum absolute atomic E-state index is 0.139. The van der Waals surface area contributed by atoms with Gasteiger partial charge in [-0.05, 0) is 54.2 Å². The molecule has 0 bridgehead atoms. The number of benzene rings is 2. The Morgan fingerprint density at radius 2 is 1.72 bits per heavy atom. The summed E-state index contributed by atoms with van der Waals surface area (Å²) in [6.07, 6.45) is 1.01. The maximum absolute atomic E-state index is 13.1. The van der Waals surface area contributed by atoms with Crippen LogP contribution in [0.2, 0.25) is 0 Å². The van der Waals surface area contributed by atoms with Crippen LogP contribution in [0.3, 0.4) is 0 Å². The number of rotatable bonds is 5. The highest BCUT2D eigenvalue weighted by Gasteiger charge is 2.32. The van der Waals surface area contributed by atoms with Gasteiger partial charge < -0.3 is 4.90 Å². The first-order valence-corrected chi connectivity index (χ1v) is 11.2. The van der Waals surface area contributed by atoms with Gasteiger partial charge in [0.15, 0.2) is 0 Å². The van der Waals surface area contributed by atoms with E-state index in [2.05, 4.69) is 13.8 Å². The van der Waals surface area contributed by atoms with Crippen LogP contribution >= 0.6 is 0 Å². The van der Waals surface area contributed by atoms with Crippen LogP contribution in [0.25, 0.3) is 0 Å². The zero-order valence-electron chi connectivity index (χ0n) is 17.0. The fraction of sp³-hybridized carbons (Fsp3) is 0.409. The van der Waals surface area contributed by atoms with Crippen molar-refractivity contribution in [2.75, 3.05) is 20.1 Å². The largest absolute Gasteiger partial charge is 0.337 e. The number of carbonyl (C=O) groups is 1. The Morgan fingerprint density at radius 3 is 2.34 bits per heavy atom. The normalized spacial score (nSPS) is 20.4. The minimum Gasteiger partial charge on any atom is -0.337 e. The van der Waals surface area contributed by atoms with Crippen molar-refractivity contribution < 1.29 is 17.6 Å². The second-order valence-electron chi connectivity index (χ2n) is 8.08. The molecular formula is C22H27FN2O3S. The van der Waals surface area contributed by atoms with Crippen LogP contribution in [-0.4, -0.2) is 43.7 Å². The molecule has 1 aliphatic heterocycles. The molecule has 0 unspecified atom stereocenters. The molecular weight excluding hydrogens is 391 g/mol. The molecule has 0 aromatic heterocycles. The van der Waals surface area contributed by atoms with E-state index in [4.69, 9.17) is 0 Å². The molecule has 0 aliphatic carbocycles. The summed E-state index contributed by atoms with van der Waals surface area (Å²) < 4.78 is 40.8. The van der Waals surface area contributed by atoms with Crippen LogP contribution in [0.1, 0.15) is 36.2 Å². The van der Waals surface area contributed by atoms with Crippen molar-refractivity contribution in [1.29, 1.82) is 0 Å². The Labute approximate surface area is 172 Å². The maximum Gasteiger partial charge on any atom is 0.253 e. The molecule has 0 N–H and O–H groups in total. The number of hydrogen-bond donors (Lipinski definition) is 0. The SMILES string of the molecule is C[C@@H]1C[C@H](C)CN(S(=O)(=O)c2cccc(C(=O)N(C)Cc3ccc(F)cc3)c2)C1. The number of carbonyl (C=O) groups excluding carboxylic acids is 1. The lowest BCUT2D eigenvalue weighted by atomic mass is 9.94. The van der Waals surface area contributed by atoms with Crippen LogP contribution in [0.5, 0.6) is 0 Å². The topological polar surface area (TPSA) is 57.7 Å². The van der Waals surface area contributed by atoms with E-state index in [1.807, 2.05) is 0 Å². The number of amides is 1. The van der Waals surface area contributed by atoms with E-state index in [1.165, 1.54) is 33.5 Å². The van der Waals surface area contributed by atoms with E-state index >= 15 is 0 Å². The van der Waals surface area contributed by atoms with Gasteiger partial charge >= 0.3 is 0 Å². The Hall–Kier alpha value is -2.25. The summed E-state index contributed by atoms with van der Waals surface area (Å²) >= 11 is 0. The van der Waals surface area contributed by atoms with Crippen molar-refractivity contribution in [3.8, 4) is 0 Å². The summed E-state index contributed by atoms with van der Waals surface area (Å²) in [5.41, 5.74) is 1.11. The van der Waals surface area contributed by atoms with Gasteiger partial charge in [0.2, 0.25) is 10.0 Å². The first-order chi connectivity index (χ1) is 13.7. The third-order valence-corrected chi connectivity index (χ3v) is 7.06. The third-order valence-electron chi connectivity index (χ3n) is 5.23. The fourth-order valence-electron chi connectivity index (χ4n) is 3.90. The lowest BCUT2D eigenvalue weighted by Crippen LogP contribution is -2.42. The molecule has 1 fully saturated rings. The van der Waals surface area contributed by atoms with Crippen LogP contribution in [-0.2, 0) is 16.6 Å². The summed E-state index contributed by atoms with van der Waals surface area (Å²) in [4.78, 5) is 14.4. The van der Waals surface area contributed by atoms with Gasteiger partial charge in [-0.3, -0.25) is 4.79 Å². The molecule has 5 nitrogen and oxygen atoms in total. The summed E-state index contributed by atoms with van der Waals surface area (Å²) in [5.74, 6) is -0.00546. The van der Waals surface area contributed by atoms with Crippen molar-refractivity contribution in [3.63, 3.8) is 0 Å². The zero-order valence-corrected chi connectivity index (χ0v) is 17.8. The zero-order chi connectivity index (χ0) is 21.2. The van der Waals surface area contributed by atoms with Crippen molar-refractivity contribution in [1.82, 2.24) is 9.21 Å². The predicted molar refractivity (Wildman–Crippen MR) is 110 cm³/mol. The van der Waals surface area contributed by atoms with Crippen LogP contribution in [0.4, 0.5) is 4.39 Å². The highest BCUT2D eigenvalue weighted by molar-refractivity contribution is 7.89. The summed E-state index contributed by atoms with van der Waals surface area (Å²) in [6, 6.07) is 12.1. The molecule has 29 heavy (non-hydrogen) atoms. The Morgan fingerprint density at radius 1 is 1.10 bits per heavy atom. The van der Waals surface area contributed by atoms with Gasteiger partial charge in [-0.25, -0.2) is 12.8 Å². The van der Waals surface area contributed by atoms with Crippen molar-refractivity contribution >= 4 is 15.9 Å². The average molecular weight is 419 g/mol. The van der Waals surface area contributed by atoms with Gasteiger partial charge in [-0.15, -0.1) is 0 Å². The van der Waals surface area contributed by atoms with Gasteiger partial charge in [0.05, 0.1) is 4.90 Å². The fourth-order valence-corrected chi connectivity index (χ4v) is 5.62. The highest BCUT2D eigenvalue weighted by atomic mass is 32.2. The highest BCUT2D eigenvalue weighted by Crippen LogP contribution is 2.27. The molecule has 0 spiro atoms.